The van der Waals surface area contributed by atoms with Gasteiger partial charge in [-0.05, 0) is 48.9 Å². The third kappa shape index (κ3) is 3.92. The first-order valence-electron chi connectivity index (χ1n) is 6.71. The highest BCUT2D eigenvalue weighted by Gasteiger charge is 2.21. The number of benzene rings is 1. The van der Waals surface area contributed by atoms with E-state index in [4.69, 9.17) is 4.84 Å². The van der Waals surface area contributed by atoms with Gasteiger partial charge in [-0.3, -0.25) is 9.63 Å². The molecule has 0 unspecified atom stereocenters. The Labute approximate surface area is 134 Å². The summed E-state index contributed by atoms with van der Waals surface area (Å²) in [4.78, 5) is 20.9. The maximum absolute atomic E-state index is 12.1. The van der Waals surface area contributed by atoms with Crippen LogP contribution in [0.15, 0.2) is 47.5 Å². The molecule has 7 nitrogen and oxygen atoms in total. The molecular formula is C15H17N3O4S. The zero-order chi connectivity index (χ0) is 17.0. The Balaban J connectivity index is 2.18. The van der Waals surface area contributed by atoms with Crippen LogP contribution < -0.4 is 5.32 Å². The largest absolute Gasteiger partial charge is 0.307 e. The number of rotatable bonds is 5. The molecule has 1 aromatic carbocycles. The summed E-state index contributed by atoms with van der Waals surface area (Å²) in [5.74, 6) is 0.0676. The second-order valence-corrected chi connectivity index (χ2v) is 6.73. The van der Waals surface area contributed by atoms with Crippen LogP contribution in [-0.4, -0.2) is 37.9 Å². The maximum Gasteiger partial charge on any atom is 0.264 e. The summed E-state index contributed by atoms with van der Waals surface area (Å²) >= 11 is 0. The highest BCUT2D eigenvalue weighted by atomic mass is 32.2. The molecule has 0 spiro atoms. The lowest BCUT2D eigenvalue weighted by atomic mass is 10.2. The van der Waals surface area contributed by atoms with Crippen molar-refractivity contribution in [1.82, 2.24) is 9.45 Å². The van der Waals surface area contributed by atoms with Crippen molar-refractivity contribution in [2.45, 2.75) is 11.8 Å². The lowest BCUT2D eigenvalue weighted by Crippen LogP contribution is -2.25. The van der Waals surface area contributed by atoms with Gasteiger partial charge in [-0.1, -0.05) is 4.47 Å². The molecule has 0 fully saturated rings. The van der Waals surface area contributed by atoms with Crippen molar-refractivity contribution in [1.29, 1.82) is 0 Å². The van der Waals surface area contributed by atoms with Crippen molar-refractivity contribution < 1.29 is 18.0 Å². The van der Waals surface area contributed by atoms with Crippen LogP contribution in [0.3, 0.4) is 0 Å². The quantitative estimate of drug-likeness (QED) is 0.842. The van der Waals surface area contributed by atoms with Crippen molar-refractivity contribution in [3.8, 4) is 0 Å². The first-order chi connectivity index (χ1) is 10.8. The van der Waals surface area contributed by atoms with Crippen LogP contribution in [0, 0.1) is 6.92 Å². The predicted molar refractivity (Wildman–Crippen MR) is 85.3 cm³/mol. The zero-order valence-electron chi connectivity index (χ0n) is 13.0. The number of sulfonamides is 1. The summed E-state index contributed by atoms with van der Waals surface area (Å²) in [5.41, 5.74) is 1.30. The van der Waals surface area contributed by atoms with E-state index in [1.165, 1.54) is 38.4 Å². The first kappa shape index (κ1) is 17.1. The van der Waals surface area contributed by atoms with Gasteiger partial charge >= 0.3 is 0 Å². The number of pyridine rings is 1. The number of aromatic nitrogens is 1. The Bertz CT molecular complexity index is 804. The van der Waals surface area contributed by atoms with E-state index >= 15 is 0 Å². The molecule has 8 heteroatoms. The second-order valence-electron chi connectivity index (χ2n) is 4.79. The molecule has 2 rings (SSSR count). The molecule has 1 heterocycles. The van der Waals surface area contributed by atoms with Crippen LogP contribution in [0.2, 0.25) is 0 Å². The lowest BCUT2D eigenvalue weighted by molar-refractivity contribution is -0.0258. The van der Waals surface area contributed by atoms with Crippen LogP contribution in [-0.2, 0) is 14.9 Å². The number of hydrogen-bond donors (Lipinski definition) is 1. The number of hydrogen-bond acceptors (Lipinski definition) is 5. The first-order valence-corrected chi connectivity index (χ1v) is 8.15. The average molecular weight is 335 g/mol. The number of aryl methyl sites for hydroxylation is 1. The summed E-state index contributed by atoms with van der Waals surface area (Å²) < 4.78 is 24.9. The fourth-order valence-electron chi connectivity index (χ4n) is 1.82. The van der Waals surface area contributed by atoms with E-state index in [-0.39, 0.29) is 10.8 Å². The van der Waals surface area contributed by atoms with Crippen molar-refractivity contribution >= 4 is 21.7 Å². The van der Waals surface area contributed by atoms with Gasteiger partial charge in [0.05, 0.1) is 12.0 Å². The molecule has 0 aliphatic carbocycles. The van der Waals surface area contributed by atoms with Gasteiger partial charge in [-0.2, -0.15) is 0 Å². The van der Waals surface area contributed by atoms with E-state index in [9.17, 15) is 13.2 Å². The highest BCUT2D eigenvalue weighted by Crippen LogP contribution is 2.16. The lowest BCUT2D eigenvalue weighted by Gasteiger charge is -2.14. The van der Waals surface area contributed by atoms with E-state index in [2.05, 4.69) is 10.3 Å². The van der Waals surface area contributed by atoms with Crippen LogP contribution in [0.1, 0.15) is 15.9 Å². The van der Waals surface area contributed by atoms with E-state index in [1.54, 1.807) is 12.3 Å². The number of anilines is 1. The van der Waals surface area contributed by atoms with E-state index in [1.807, 2.05) is 13.0 Å². The van der Waals surface area contributed by atoms with Gasteiger partial charge in [0.15, 0.2) is 0 Å². The Morgan fingerprint density at radius 3 is 2.43 bits per heavy atom. The molecule has 0 bridgehead atoms. The average Bonchev–Trinajstić information content (AvgIpc) is 2.54. The number of hydroxylamine groups is 1. The molecule has 0 aliphatic heterocycles. The van der Waals surface area contributed by atoms with Crippen LogP contribution in [0.4, 0.5) is 5.82 Å². The molecule has 122 valence electrons. The molecule has 0 saturated carbocycles. The number of nitrogens with one attached hydrogen (secondary N) is 1. The summed E-state index contributed by atoms with van der Waals surface area (Å²) in [7, 11) is -1.18. The minimum atomic E-state index is -3.73. The molecule has 2 aromatic rings. The normalized spacial score (nSPS) is 11.5. The summed E-state index contributed by atoms with van der Waals surface area (Å²) in [6.07, 6.45) is 1.60. The maximum atomic E-state index is 12.1. The molecule has 1 aromatic heterocycles. The number of amides is 1. The third-order valence-electron chi connectivity index (χ3n) is 3.17. The third-order valence-corrected chi connectivity index (χ3v) is 4.86. The molecule has 0 saturated heterocycles. The number of carbonyl (C=O) groups excluding carboxylic acids is 1. The minimum Gasteiger partial charge on any atom is -0.307 e. The van der Waals surface area contributed by atoms with Gasteiger partial charge in [0.1, 0.15) is 5.82 Å². The molecule has 1 amide bonds. The van der Waals surface area contributed by atoms with Crippen molar-refractivity contribution in [3.05, 3.63) is 53.7 Å². The Morgan fingerprint density at radius 1 is 1.22 bits per heavy atom. The highest BCUT2D eigenvalue weighted by molar-refractivity contribution is 7.89. The topological polar surface area (TPSA) is 88.6 Å². The SMILES string of the molecule is CON(C)S(=O)(=O)c1ccc(C(=O)Nc2cc(C)ccn2)cc1. The van der Waals surface area contributed by atoms with Gasteiger partial charge in [-0.15, -0.1) is 0 Å². The molecule has 1 N–H and O–H groups in total. The van der Waals surface area contributed by atoms with Gasteiger partial charge in [0, 0.05) is 18.8 Å². The standard InChI is InChI=1S/C15H17N3O4S/c1-11-8-9-16-14(10-11)17-15(19)12-4-6-13(7-5-12)23(20,21)18(2)22-3/h4-10H,1-3H3,(H,16,17,19). The molecule has 0 atom stereocenters. The molecule has 23 heavy (non-hydrogen) atoms. The predicted octanol–water partition coefficient (Wildman–Crippen LogP) is 1.82. The van der Waals surface area contributed by atoms with Gasteiger partial charge in [0.25, 0.3) is 15.9 Å². The summed E-state index contributed by atoms with van der Waals surface area (Å²) in [6, 6.07) is 9.13. The van der Waals surface area contributed by atoms with Gasteiger partial charge in [0.2, 0.25) is 0 Å². The minimum absolute atomic E-state index is 0.0343. The van der Waals surface area contributed by atoms with Crippen LogP contribution >= 0.6 is 0 Å². The van der Waals surface area contributed by atoms with Gasteiger partial charge < -0.3 is 5.32 Å². The van der Waals surface area contributed by atoms with Gasteiger partial charge in [-0.25, -0.2) is 13.4 Å². The zero-order valence-corrected chi connectivity index (χ0v) is 13.8. The Morgan fingerprint density at radius 2 is 1.87 bits per heavy atom. The fraction of sp³-hybridized carbons (Fsp3) is 0.200. The fourth-order valence-corrected chi connectivity index (χ4v) is 2.79. The van der Waals surface area contributed by atoms with E-state index in [0.717, 1.165) is 10.0 Å². The molecule has 0 aliphatic rings. The summed E-state index contributed by atoms with van der Waals surface area (Å²) in [5, 5.41) is 2.66. The van der Waals surface area contributed by atoms with Crippen LogP contribution in [0.5, 0.6) is 0 Å². The smallest absolute Gasteiger partial charge is 0.264 e. The number of carbonyl (C=O) groups is 1. The van der Waals surface area contributed by atoms with Crippen LogP contribution in [0.25, 0.3) is 0 Å². The monoisotopic (exact) mass is 335 g/mol. The van der Waals surface area contributed by atoms with Crippen molar-refractivity contribution in [2.75, 3.05) is 19.5 Å². The Hall–Kier alpha value is -2.29. The van der Waals surface area contributed by atoms with Crippen molar-refractivity contribution in [2.24, 2.45) is 0 Å². The second kappa shape index (κ2) is 6.86. The molecule has 0 radical (unpaired) electrons. The van der Waals surface area contributed by atoms with E-state index in [0.29, 0.717) is 11.4 Å². The Kier molecular flexibility index (Phi) is 5.09. The molecular weight excluding hydrogens is 318 g/mol. The summed E-state index contributed by atoms with van der Waals surface area (Å²) in [6.45, 7) is 1.89. The van der Waals surface area contributed by atoms with E-state index < -0.39 is 10.0 Å². The van der Waals surface area contributed by atoms with Crippen molar-refractivity contribution in [3.63, 3.8) is 0 Å². The number of nitrogens with zero attached hydrogens (tertiary/aromatic N) is 2.